The molecule has 0 aliphatic heterocycles. The Hall–Kier alpha value is -2.87. The molecule has 2 rings (SSSR count). The third-order valence-electron chi connectivity index (χ3n) is 2.30. The van der Waals surface area contributed by atoms with Crippen molar-refractivity contribution in [3.8, 4) is 6.07 Å². The van der Waals surface area contributed by atoms with E-state index >= 15 is 0 Å². The van der Waals surface area contributed by atoms with Crippen LogP contribution in [-0.4, -0.2) is 16.7 Å². The van der Waals surface area contributed by atoms with Crippen molar-refractivity contribution in [2.24, 2.45) is 0 Å². The maximum absolute atomic E-state index is 11.7. The molecule has 1 aromatic heterocycles. The van der Waals surface area contributed by atoms with Crippen LogP contribution in [0.15, 0.2) is 42.6 Å². The lowest BCUT2D eigenvalue weighted by Gasteiger charge is -2.03. The van der Waals surface area contributed by atoms with Gasteiger partial charge in [-0.25, -0.2) is 0 Å². The van der Waals surface area contributed by atoms with E-state index < -0.39 is 11.7 Å². The highest BCUT2D eigenvalue weighted by molar-refractivity contribution is 6.46. The van der Waals surface area contributed by atoms with Crippen molar-refractivity contribution in [3.63, 3.8) is 0 Å². The van der Waals surface area contributed by atoms with Crippen LogP contribution in [0.25, 0.3) is 0 Å². The summed E-state index contributed by atoms with van der Waals surface area (Å²) >= 11 is 0. The van der Waals surface area contributed by atoms with Gasteiger partial charge in [-0.15, -0.1) is 0 Å². The van der Waals surface area contributed by atoms with Crippen LogP contribution in [0.2, 0.25) is 0 Å². The maximum Gasteiger partial charge on any atom is 0.298 e. The molecule has 0 saturated heterocycles. The van der Waals surface area contributed by atoms with Gasteiger partial charge in [-0.05, 0) is 30.3 Å². The van der Waals surface area contributed by atoms with E-state index in [0.29, 0.717) is 11.3 Å². The molecule has 0 saturated carbocycles. The van der Waals surface area contributed by atoms with Crippen molar-refractivity contribution in [2.45, 2.75) is 0 Å². The first-order valence-electron chi connectivity index (χ1n) is 5.20. The van der Waals surface area contributed by atoms with Crippen LogP contribution in [0.4, 0.5) is 5.69 Å². The number of anilines is 1. The van der Waals surface area contributed by atoms with Gasteiger partial charge in [0.15, 0.2) is 0 Å². The molecule has 1 heterocycles. The van der Waals surface area contributed by atoms with E-state index in [2.05, 4.69) is 10.3 Å². The van der Waals surface area contributed by atoms with Gasteiger partial charge in [0, 0.05) is 11.9 Å². The quantitative estimate of drug-likeness (QED) is 0.631. The highest BCUT2D eigenvalue weighted by atomic mass is 16.2. The number of rotatable bonds is 3. The largest absolute Gasteiger partial charge is 0.358 e. The lowest BCUT2D eigenvalue weighted by Crippen LogP contribution is -2.23. The summed E-state index contributed by atoms with van der Waals surface area (Å²) in [4.78, 5) is 26.0. The number of nitrogens with zero attached hydrogens (tertiary/aromatic N) is 1. The average Bonchev–Trinajstić information content (AvgIpc) is 2.92. The molecule has 1 amide bonds. The Balaban J connectivity index is 2.12. The van der Waals surface area contributed by atoms with Crippen molar-refractivity contribution in [1.29, 1.82) is 5.26 Å². The van der Waals surface area contributed by atoms with Gasteiger partial charge >= 0.3 is 0 Å². The molecular weight excluding hydrogens is 230 g/mol. The number of amides is 1. The molecule has 88 valence electrons. The van der Waals surface area contributed by atoms with E-state index in [9.17, 15) is 9.59 Å². The van der Waals surface area contributed by atoms with E-state index in [1.54, 1.807) is 30.5 Å². The molecule has 0 spiro atoms. The highest BCUT2D eigenvalue weighted by Crippen LogP contribution is 2.10. The zero-order valence-corrected chi connectivity index (χ0v) is 9.31. The number of nitriles is 1. The molecule has 2 N–H and O–H groups in total. The Morgan fingerprint density at radius 1 is 1.22 bits per heavy atom. The molecule has 0 fully saturated rings. The number of Topliss-reactive ketones (excluding diaryl/α,β-unsaturated/α-hetero) is 1. The Bertz CT molecular complexity index is 624. The van der Waals surface area contributed by atoms with Crippen LogP contribution in [0.3, 0.4) is 0 Å². The Morgan fingerprint density at radius 3 is 2.72 bits per heavy atom. The van der Waals surface area contributed by atoms with Gasteiger partial charge in [0.25, 0.3) is 11.7 Å². The predicted octanol–water partition coefficient (Wildman–Crippen LogP) is 1.71. The molecule has 18 heavy (non-hydrogen) atoms. The smallest absolute Gasteiger partial charge is 0.298 e. The minimum Gasteiger partial charge on any atom is -0.358 e. The minimum atomic E-state index is -0.743. The van der Waals surface area contributed by atoms with Gasteiger partial charge in [-0.1, -0.05) is 6.07 Å². The second-order valence-corrected chi connectivity index (χ2v) is 3.56. The summed E-state index contributed by atoms with van der Waals surface area (Å²) in [6.45, 7) is 0. The maximum atomic E-state index is 11.7. The van der Waals surface area contributed by atoms with Gasteiger partial charge in [0.1, 0.15) is 0 Å². The number of aromatic nitrogens is 1. The van der Waals surface area contributed by atoms with Crippen molar-refractivity contribution in [2.75, 3.05) is 5.32 Å². The lowest BCUT2D eigenvalue weighted by molar-refractivity contribution is -0.112. The van der Waals surface area contributed by atoms with Gasteiger partial charge in [0.2, 0.25) is 0 Å². The summed E-state index contributed by atoms with van der Waals surface area (Å²) in [7, 11) is 0. The Kier molecular flexibility index (Phi) is 3.21. The number of carbonyl (C=O) groups is 2. The molecule has 2 aromatic rings. The Labute approximate surface area is 103 Å². The summed E-state index contributed by atoms with van der Waals surface area (Å²) in [5, 5.41) is 11.2. The molecule has 5 heteroatoms. The second-order valence-electron chi connectivity index (χ2n) is 3.56. The normalized spacial score (nSPS) is 9.50. The molecule has 0 atom stereocenters. The van der Waals surface area contributed by atoms with E-state index in [-0.39, 0.29) is 5.69 Å². The third kappa shape index (κ3) is 2.44. The van der Waals surface area contributed by atoms with Gasteiger partial charge in [-0.2, -0.15) is 5.26 Å². The Morgan fingerprint density at radius 2 is 2.06 bits per heavy atom. The van der Waals surface area contributed by atoms with Crippen LogP contribution in [0, 0.1) is 11.3 Å². The average molecular weight is 239 g/mol. The fourth-order valence-electron chi connectivity index (χ4n) is 1.45. The molecule has 0 radical (unpaired) electrons. The number of benzene rings is 1. The predicted molar refractivity (Wildman–Crippen MR) is 64.9 cm³/mol. The molecule has 5 nitrogen and oxygen atoms in total. The minimum absolute atomic E-state index is 0.226. The van der Waals surface area contributed by atoms with Gasteiger partial charge in [0.05, 0.1) is 17.3 Å². The fourth-order valence-corrected chi connectivity index (χ4v) is 1.45. The standard InChI is InChI=1S/C13H9N3O2/c14-8-9-3-1-4-10(7-9)16-13(18)12(17)11-5-2-6-15-11/h1-7,15H,(H,16,18). The number of nitrogens with one attached hydrogen (secondary N) is 2. The summed E-state index contributed by atoms with van der Waals surface area (Å²) in [5.74, 6) is -1.39. The SMILES string of the molecule is N#Cc1cccc(NC(=O)C(=O)c2ccc[nH]2)c1. The molecule has 0 bridgehead atoms. The summed E-state index contributed by atoms with van der Waals surface area (Å²) in [6.07, 6.45) is 1.57. The second kappa shape index (κ2) is 4.97. The van der Waals surface area contributed by atoms with Crippen LogP contribution in [0.5, 0.6) is 0 Å². The summed E-state index contributed by atoms with van der Waals surface area (Å²) in [5.41, 5.74) is 1.06. The van der Waals surface area contributed by atoms with Gasteiger partial charge in [-0.3, -0.25) is 9.59 Å². The number of hydrogen-bond acceptors (Lipinski definition) is 3. The molecule has 0 aliphatic carbocycles. The first-order chi connectivity index (χ1) is 8.70. The zero-order valence-electron chi connectivity index (χ0n) is 9.31. The van der Waals surface area contributed by atoms with E-state index in [1.165, 1.54) is 12.1 Å². The van der Waals surface area contributed by atoms with Crippen LogP contribution in [-0.2, 0) is 4.79 Å². The van der Waals surface area contributed by atoms with Crippen LogP contribution < -0.4 is 5.32 Å². The van der Waals surface area contributed by atoms with Crippen molar-refractivity contribution >= 4 is 17.4 Å². The van der Waals surface area contributed by atoms with E-state index in [1.807, 2.05) is 6.07 Å². The summed E-state index contributed by atoms with van der Waals surface area (Å²) < 4.78 is 0. The number of aromatic amines is 1. The summed E-state index contributed by atoms with van der Waals surface area (Å²) in [6, 6.07) is 11.5. The molecule has 1 aromatic carbocycles. The fraction of sp³-hybridized carbons (Fsp3) is 0. The highest BCUT2D eigenvalue weighted by Gasteiger charge is 2.16. The number of H-pyrrole nitrogens is 1. The van der Waals surface area contributed by atoms with Crippen molar-refractivity contribution in [3.05, 3.63) is 53.9 Å². The first kappa shape index (κ1) is 11.6. The third-order valence-corrected chi connectivity index (χ3v) is 2.30. The van der Waals surface area contributed by atoms with Crippen molar-refractivity contribution in [1.82, 2.24) is 4.98 Å². The van der Waals surface area contributed by atoms with Crippen LogP contribution >= 0.6 is 0 Å². The number of hydrogen-bond donors (Lipinski definition) is 2. The monoisotopic (exact) mass is 239 g/mol. The van der Waals surface area contributed by atoms with Crippen LogP contribution in [0.1, 0.15) is 16.1 Å². The van der Waals surface area contributed by atoms with E-state index in [0.717, 1.165) is 0 Å². The van der Waals surface area contributed by atoms with Gasteiger partial charge < -0.3 is 10.3 Å². The lowest BCUT2D eigenvalue weighted by atomic mass is 10.2. The molecule has 0 aliphatic rings. The zero-order chi connectivity index (χ0) is 13.0. The first-order valence-corrected chi connectivity index (χ1v) is 5.20. The number of ketones is 1. The molecular formula is C13H9N3O2. The topological polar surface area (TPSA) is 85.8 Å². The van der Waals surface area contributed by atoms with E-state index in [4.69, 9.17) is 5.26 Å². The van der Waals surface area contributed by atoms with Crippen molar-refractivity contribution < 1.29 is 9.59 Å². The number of carbonyl (C=O) groups excluding carboxylic acids is 2. The molecule has 0 unspecified atom stereocenters.